The minimum atomic E-state index is -0.0299. The van der Waals surface area contributed by atoms with Gasteiger partial charge in [-0.1, -0.05) is 18.2 Å². The Hall–Kier alpha value is -4.08. The van der Waals surface area contributed by atoms with Crippen LogP contribution in [0, 0.1) is 0 Å². The molecule has 0 bridgehead atoms. The summed E-state index contributed by atoms with van der Waals surface area (Å²) in [4.78, 5) is 26.5. The lowest BCUT2D eigenvalue weighted by molar-refractivity contribution is 0.0998. The van der Waals surface area contributed by atoms with Crippen LogP contribution >= 0.6 is 11.3 Å². The molecular weight excluding hydrogens is 464 g/mol. The number of thiazole rings is 1. The minimum Gasteiger partial charge on any atom is -0.488 e. The maximum atomic E-state index is 12.8. The summed E-state index contributed by atoms with van der Waals surface area (Å²) in [5.74, 6) is 2.08. The Morgan fingerprint density at radius 3 is 2.57 bits per heavy atom. The third kappa shape index (κ3) is 5.37. The molecule has 8 nitrogen and oxygen atoms in total. The van der Waals surface area contributed by atoms with E-state index >= 15 is 0 Å². The topological polar surface area (TPSA) is 106 Å². The van der Waals surface area contributed by atoms with Crippen molar-refractivity contribution in [2.24, 2.45) is 4.99 Å². The van der Waals surface area contributed by atoms with Gasteiger partial charge in [0.05, 0.1) is 18.7 Å². The number of Topliss-reactive ketones (excluding diaryl/α,β-unsaturated/α-hetero) is 1. The van der Waals surface area contributed by atoms with E-state index in [9.17, 15) is 4.79 Å². The van der Waals surface area contributed by atoms with E-state index in [-0.39, 0.29) is 25.4 Å². The van der Waals surface area contributed by atoms with Crippen molar-refractivity contribution in [2.75, 3.05) is 25.1 Å². The van der Waals surface area contributed by atoms with Crippen molar-refractivity contribution in [3.63, 3.8) is 0 Å². The van der Waals surface area contributed by atoms with Gasteiger partial charge in [0, 0.05) is 23.7 Å². The van der Waals surface area contributed by atoms with Crippen molar-refractivity contribution in [1.82, 2.24) is 9.97 Å². The van der Waals surface area contributed by atoms with Crippen molar-refractivity contribution in [3.05, 3.63) is 77.8 Å². The summed E-state index contributed by atoms with van der Waals surface area (Å²) < 4.78 is 11.7. The Labute approximate surface area is 205 Å². The number of benzene rings is 2. The van der Waals surface area contributed by atoms with Crippen LogP contribution < -0.4 is 14.8 Å². The van der Waals surface area contributed by atoms with Crippen LogP contribution in [0.15, 0.2) is 77.2 Å². The minimum absolute atomic E-state index is 0.0127. The van der Waals surface area contributed by atoms with E-state index in [1.54, 1.807) is 12.3 Å². The largest absolute Gasteiger partial charge is 0.488 e. The van der Waals surface area contributed by atoms with Gasteiger partial charge in [-0.2, -0.15) is 0 Å². The number of nitrogens with zero attached hydrogens (tertiary/aromatic N) is 3. The summed E-state index contributed by atoms with van der Waals surface area (Å²) in [6.07, 6.45) is 1.79. The predicted octanol–water partition coefficient (Wildman–Crippen LogP) is 5.14. The quantitative estimate of drug-likeness (QED) is 0.337. The van der Waals surface area contributed by atoms with E-state index in [1.807, 2.05) is 60.0 Å². The molecule has 0 saturated heterocycles. The number of pyridine rings is 1. The first-order valence-electron chi connectivity index (χ1n) is 11.0. The van der Waals surface area contributed by atoms with Crippen molar-refractivity contribution < 1.29 is 19.4 Å². The Balaban J connectivity index is 1.30. The van der Waals surface area contributed by atoms with Crippen LogP contribution in [0.4, 0.5) is 10.8 Å². The lowest BCUT2D eigenvalue weighted by atomic mass is 9.99. The zero-order valence-corrected chi connectivity index (χ0v) is 19.5. The molecule has 3 heterocycles. The number of nitrogens with one attached hydrogen (secondary N) is 1. The highest BCUT2D eigenvalue weighted by molar-refractivity contribution is 7.14. The third-order valence-corrected chi connectivity index (χ3v) is 6.00. The summed E-state index contributed by atoms with van der Waals surface area (Å²) in [5, 5.41) is 14.6. The van der Waals surface area contributed by atoms with E-state index < -0.39 is 0 Å². The number of ketones is 1. The zero-order chi connectivity index (χ0) is 24.0. The van der Waals surface area contributed by atoms with Gasteiger partial charge in [0.1, 0.15) is 40.9 Å². The summed E-state index contributed by atoms with van der Waals surface area (Å²) in [6, 6.07) is 18.5. The van der Waals surface area contributed by atoms with Crippen LogP contribution in [-0.4, -0.2) is 46.3 Å². The number of fused-ring (bicyclic) bond motifs is 1. The number of aromatic nitrogens is 2. The molecule has 2 N–H and O–H groups in total. The standard InChI is InChI=1S/C26H22N4O4S/c31-13-12-28-26-30-22(16-35-26)25-24-21(10-11-27-25)23(32)14-17(29-24)15-33-18-6-8-20(9-7-18)34-19-4-2-1-3-5-19/h1-11,16,31H,12-15H2,(H,28,30). The number of hydrogen-bond acceptors (Lipinski definition) is 9. The highest BCUT2D eigenvalue weighted by Crippen LogP contribution is 2.36. The molecule has 0 atom stereocenters. The summed E-state index contributed by atoms with van der Waals surface area (Å²) in [6.45, 7) is 0.600. The number of aliphatic imine (C=N–C) groups is 1. The van der Waals surface area contributed by atoms with E-state index in [1.165, 1.54) is 11.3 Å². The van der Waals surface area contributed by atoms with Crippen LogP contribution in [-0.2, 0) is 0 Å². The zero-order valence-electron chi connectivity index (χ0n) is 18.7. The van der Waals surface area contributed by atoms with Crippen molar-refractivity contribution in [2.45, 2.75) is 6.42 Å². The molecule has 176 valence electrons. The number of carbonyl (C=O) groups is 1. The molecule has 35 heavy (non-hydrogen) atoms. The van der Waals surface area contributed by atoms with Gasteiger partial charge in [-0.15, -0.1) is 11.3 Å². The van der Waals surface area contributed by atoms with Crippen molar-refractivity contribution in [3.8, 4) is 28.6 Å². The highest BCUT2D eigenvalue weighted by Gasteiger charge is 2.25. The first-order valence-corrected chi connectivity index (χ1v) is 11.9. The molecule has 0 saturated carbocycles. The fourth-order valence-electron chi connectivity index (χ4n) is 3.56. The Kier molecular flexibility index (Phi) is 6.78. The Morgan fingerprint density at radius 1 is 1.00 bits per heavy atom. The predicted molar refractivity (Wildman–Crippen MR) is 135 cm³/mol. The molecule has 5 rings (SSSR count). The van der Waals surface area contributed by atoms with Crippen LogP contribution in [0.3, 0.4) is 0 Å². The van der Waals surface area contributed by atoms with E-state index in [2.05, 4.69) is 15.3 Å². The third-order valence-electron chi connectivity index (χ3n) is 5.20. The smallest absolute Gasteiger partial charge is 0.183 e. The van der Waals surface area contributed by atoms with Crippen LogP contribution in [0.25, 0.3) is 11.4 Å². The van der Waals surface area contributed by atoms with E-state index in [0.717, 1.165) is 5.75 Å². The summed E-state index contributed by atoms with van der Waals surface area (Å²) >= 11 is 1.40. The number of rotatable bonds is 9. The number of aliphatic hydroxyl groups is 1. The summed E-state index contributed by atoms with van der Waals surface area (Å²) in [5.41, 5.74) is 2.82. The molecule has 0 fully saturated rings. The van der Waals surface area contributed by atoms with Gasteiger partial charge in [0.25, 0.3) is 0 Å². The second-order valence-electron chi connectivity index (χ2n) is 7.70. The molecule has 1 aliphatic heterocycles. The highest BCUT2D eigenvalue weighted by atomic mass is 32.1. The van der Waals surface area contributed by atoms with Gasteiger partial charge >= 0.3 is 0 Å². The lowest BCUT2D eigenvalue weighted by Gasteiger charge is -2.17. The van der Waals surface area contributed by atoms with E-state index in [0.29, 0.717) is 51.5 Å². The number of aliphatic hydroxyl groups excluding tert-OH is 1. The second-order valence-corrected chi connectivity index (χ2v) is 8.56. The van der Waals surface area contributed by atoms with Gasteiger partial charge in [-0.3, -0.25) is 14.8 Å². The SMILES string of the molecule is O=C1CC(COc2ccc(Oc3ccccc3)cc2)=Nc2c1ccnc2-c1csc(NCCO)n1. The van der Waals surface area contributed by atoms with Gasteiger partial charge in [0.15, 0.2) is 10.9 Å². The molecule has 9 heteroatoms. The van der Waals surface area contributed by atoms with Crippen LogP contribution in [0.1, 0.15) is 16.8 Å². The lowest BCUT2D eigenvalue weighted by Crippen LogP contribution is -2.20. The fourth-order valence-corrected chi connectivity index (χ4v) is 4.29. The molecule has 1 aliphatic rings. The number of para-hydroxylation sites is 1. The van der Waals surface area contributed by atoms with Gasteiger partial charge in [-0.25, -0.2) is 4.98 Å². The van der Waals surface area contributed by atoms with Gasteiger partial charge < -0.3 is 19.9 Å². The molecule has 2 aromatic carbocycles. The van der Waals surface area contributed by atoms with Crippen molar-refractivity contribution in [1.29, 1.82) is 0 Å². The molecule has 0 unspecified atom stereocenters. The number of ether oxygens (including phenoxy) is 2. The average Bonchev–Trinajstić information content (AvgIpc) is 3.36. The fraction of sp³-hybridized carbons (Fsp3) is 0.154. The first kappa shape index (κ1) is 22.7. The average molecular weight is 487 g/mol. The summed E-state index contributed by atoms with van der Waals surface area (Å²) in [7, 11) is 0. The molecule has 0 aliphatic carbocycles. The second kappa shape index (κ2) is 10.5. The van der Waals surface area contributed by atoms with Crippen molar-refractivity contribution >= 4 is 33.7 Å². The maximum Gasteiger partial charge on any atom is 0.183 e. The van der Waals surface area contributed by atoms with E-state index in [4.69, 9.17) is 19.6 Å². The normalized spacial score (nSPS) is 12.6. The molecule has 0 spiro atoms. The molecular formula is C26H22N4O4S. The first-order chi connectivity index (χ1) is 17.2. The molecule has 2 aromatic heterocycles. The molecule has 0 amide bonds. The Bertz CT molecular complexity index is 1350. The number of hydrogen-bond donors (Lipinski definition) is 2. The van der Waals surface area contributed by atoms with Crippen LogP contribution in [0.2, 0.25) is 0 Å². The van der Waals surface area contributed by atoms with Gasteiger partial charge in [0.2, 0.25) is 0 Å². The molecule has 0 radical (unpaired) electrons. The monoisotopic (exact) mass is 486 g/mol. The molecule has 4 aromatic rings. The van der Waals surface area contributed by atoms with Crippen LogP contribution in [0.5, 0.6) is 17.2 Å². The maximum absolute atomic E-state index is 12.8. The number of anilines is 1. The van der Waals surface area contributed by atoms with Gasteiger partial charge in [-0.05, 0) is 42.5 Å². The number of carbonyl (C=O) groups excluding carboxylic acids is 1. The Morgan fingerprint density at radius 2 is 1.77 bits per heavy atom.